The Morgan fingerprint density at radius 2 is 2.67 bits per heavy atom. The summed E-state index contributed by atoms with van der Waals surface area (Å²) in [6.45, 7) is 0.429. The van der Waals surface area contributed by atoms with Crippen molar-refractivity contribution in [1.29, 1.82) is 0 Å². The van der Waals surface area contributed by atoms with Crippen LogP contribution in [0.25, 0.3) is 0 Å². The number of halogens is 1. The van der Waals surface area contributed by atoms with Crippen LogP contribution >= 0.6 is 27.5 Å². The molecule has 0 radical (unpaired) electrons. The second kappa shape index (κ2) is 4.85. The van der Waals surface area contributed by atoms with Gasteiger partial charge in [0.2, 0.25) is 0 Å². The standard InChI is InChI=1S/C6H4BrN3OS/c7-2-1-6(11)8-3-5-4-9-10-12-5/h4H,3H2,(H,8,11). The second-order valence-corrected chi connectivity index (χ2v) is 3.05. The topological polar surface area (TPSA) is 54.9 Å². The Morgan fingerprint density at radius 1 is 1.83 bits per heavy atom. The van der Waals surface area contributed by atoms with Crippen LogP contribution in [-0.4, -0.2) is 15.5 Å². The summed E-state index contributed by atoms with van der Waals surface area (Å²) in [5, 5.41) is 6.19. The number of hydrogen-bond donors (Lipinski definition) is 1. The fourth-order valence-corrected chi connectivity index (χ4v) is 1.13. The maximum atomic E-state index is 10.8. The molecule has 1 amide bonds. The van der Waals surface area contributed by atoms with E-state index in [9.17, 15) is 4.79 Å². The van der Waals surface area contributed by atoms with Gasteiger partial charge < -0.3 is 5.32 Å². The first-order chi connectivity index (χ1) is 5.83. The molecule has 0 aliphatic carbocycles. The zero-order valence-electron chi connectivity index (χ0n) is 5.87. The molecule has 6 heteroatoms. The van der Waals surface area contributed by atoms with Gasteiger partial charge in [0.1, 0.15) is 0 Å². The number of nitrogens with one attached hydrogen (secondary N) is 1. The Kier molecular flexibility index (Phi) is 3.70. The monoisotopic (exact) mass is 245 g/mol. The Balaban J connectivity index is 2.35. The van der Waals surface area contributed by atoms with Gasteiger partial charge in [-0.1, -0.05) is 4.49 Å². The molecule has 0 fully saturated rings. The van der Waals surface area contributed by atoms with Gasteiger partial charge in [-0.2, -0.15) is 0 Å². The van der Waals surface area contributed by atoms with E-state index in [-0.39, 0.29) is 5.91 Å². The number of carbonyl (C=O) groups excluding carboxylic acids is 1. The first kappa shape index (κ1) is 9.16. The van der Waals surface area contributed by atoms with Crippen molar-refractivity contribution in [3.05, 3.63) is 11.1 Å². The van der Waals surface area contributed by atoms with Crippen LogP contribution in [0.4, 0.5) is 0 Å². The number of amides is 1. The zero-order valence-corrected chi connectivity index (χ0v) is 8.28. The van der Waals surface area contributed by atoms with E-state index in [0.717, 1.165) is 4.88 Å². The minimum Gasteiger partial charge on any atom is -0.340 e. The molecule has 0 spiro atoms. The molecule has 0 unspecified atom stereocenters. The number of aromatic nitrogens is 2. The summed E-state index contributed by atoms with van der Waals surface area (Å²) in [6.07, 6.45) is 1.60. The summed E-state index contributed by atoms with van der Waals surface area (Å²) < 4.78 is 3.64. The van der Waals surface area contributed by atoms with Gasteiger partial charge in [-0.3, -0.25) is 4.79 Å². The van der Waals surface area contributed by atoms with Gasteiger partial charge in [-0.25, -0.2) is 0 Å². The van der Waals surface area contributed by atoms with Gasteiger partial charge in [-0.05, 0) is 16.4 Å². The minimum atomic E-state index is -0.319. The highest BCUT2D eigenvalue weighted by atomic mass is 79.9. The van der Waals surface area contributed by atoms with Crippen molar-refractivity contribution < 1.29 is 4.79 Å². The average Bonchev–Trinajstić information content (AvgIpc) is 2.53. The highest BCUT2D eigenvalue weighted by Crippen LogP contribution is 1.99. The maximum absolute atomic E-state index is 10.8. The van der Waals surface area contributed by atoms with E-state index < -0.39 is 0 Å². The van der Waals surface area contributed by atoms with Crippen molar-refractivity contribution >= 4 is 33.4 Å². The van der Waals surface area contributed by atoms with E-state index in [1.54, 1.807) is 6.20 Å². The van der Waals surface area contributed by atoms with E-state index in [2.05, 4.69) is 41.6 Å². The predicted octanol–water partition coefficient (Wildman–Crippen LogP) is 0.510. The molecule has 0 saturated carbocycles. The molecule has 1 heterocycles. The quantitative estimate of drug-likeness (QED) is 0.773. The summed E-state index contributed by atoms with van der Waals surface area (Å²) >= 11 is 4.07. The van der Waals surface area contributed by atoms with Crippen LogP contribution in [0.3, 0.4) is 0 Å². The minimum absolute atomic E-state index is 0.319. The number of hydrogen-bond acceptors (Lipinski definition) is 4. The van der Waals surface area contributed by atoms with E-state index >= 15 is 0 Å². The molecule has 0 aromatic carbocycles. The van der Waals surface area contributed by atoms with E-state index in [1.807, 2.05) is 0 Å². The molecule has 1 N–H and O–H groups in total. The molecule has 0 bridgehead atoms. The molecule has 1 rings (SSSR count). The fourth-order valence-electron chi connectivity index (χ4n) is 0.520. The summed E-state index contributed by atoms with van der Waals surface area (Å²) in [7, 11) is 0. The van der Waals surface area contributed by atoms with Crippen LogP contribution in [0.5, 0.6) is 0 Å². The highest BCUT2D eigenvalue weighted by Gasteiger charge is 1.97. The van der Waals surface area contributed by atoms with Gasteiger partial charge >= 0.3 is 0 Å². The number of rotatable bonds is 2. The van der Waals surface area contributed by atoms with E-state index in [4.69, 9.17) is 0 Å². The highest BCUT2D eigenvalue weighted by molar-refractivity contribution is 9.12. The third-order valence-electron chi connectivity index (χ3n) is 0.991. The maximum Gasteiger partial charge on any atom is 0.297 e. The van der Waals surface area contributed by atoms with Gasteiger partial charge in [-0.15, -0.1) is 5.10 Å². The second-order valence-electron chi connectivity index (χ2n) is 1.79. The number of nitrogens with zero attached hydrogens (tertiary/aromatic N) is 2. The first-order valence-corrected chi connectivity index (χ1v) is 4.55. The Labute approximate surface area is 81.7 Å². The molecule has 1 aromatic rings. The largest absolute Gasteiger partial charge is 0.340 e. The van der Waals surface area contributed by atoms with Crippen LogP contribution < -0.4 is 5.32 Å². The molecule has 62 valence electrons. The normalized spacial score (nSPS) is 8.42. The lowest BCUT2D eigenvalue weighted by molar-refractivity contribution is -0.115. The van der Waals surface area contributed by atoms with Crippen LogP contribution in [0.15, 0.2) is 6.20 Å². The van der Waals surface area contributed by atoms with Crippen molar-refractivity contribution in [1.82, 2.24) is 14.9 Å². The molecular weight excluding hydrogens is 242 g/mol. The first-order valence-electron chi connectivity index (χ1n) is 2.98. The van der Waals surface area contributed by atoms with Crippen LogP contribution in [-0.2, 0) is 11.3 Å². The predicted molar refractivity (Wildman–Crippen MR) is 48.5 cm³/mol. The molecule has 0 saturated heterocycles. The van der Waals surface area contributed by atoms with Crippen LogP contribution in [0.2, 0.25) is 0 Å². The van der Waals surface area contributed by atoms with Crippen molar-refractivity contribution in [3.63, 3.8) is 0 Å². The molecular formula is C6H4BrN3OS. The molecule has 1 aromatic heterocycles. The Morgan fingerprint density at radius 3 is 3.25 bits per heavy atom. The summed E-state index contributed by atoms with van der Waals surface area (Å²) in [5.74, 6) is 1.97. The average molecular weight is 246 g/mol. The van der Waals surface area contributed by atoms with Crippen molar-refractivity contribution in [2.24, 2.45) is 0 Å². The lowest BCUT2D eigenvalue weighted by atomic mass is 10.5. The van der Waals surface area contributed by atoms with Crippen molar-refractivity contribution in [2.75, 3.05) is 0 Å². The molecule has 0 aliphatic rings. The third-order valence-corrected chi connectivity index (χ3v) is 1.85. The van der Waals surface area contributed by atoms with E-state index in [1.165, 1.54) is 11.5 Å². The molecule has 0 atom stereocenters. The SMILES string of the molecule is O=C(C#CBr)NCc1cnns1. The third kappa shape index (κ3) is 2.98. The van der Waals surface area contributed by atoms with Gasteiger partial charge in [0.05, 0.1) is 17.6 Å². The van der Waals surface area contributed by atoms with Crippen LogP contribution in [0.1, 0.15) is 4.88 Å². The molecule has 0 aliphatic heterocycles. The summed E-state index contributed by atoms with van der Waals surface area (Å²) in [4.78, 5) is 14.0. The molecule has 4 nitrogen and oxygen atoms in total. The molecule has 12 heavy (non-hydrogen) atoms. The summed E-state index contributed by atoms with van der Waals surface area (Å²) in [6, 6.07) is 0. The Hall–Kier alpha value is -0.930. The smallest absolute Gasteiger partial charge is 0.297 e. The van der Waals surface area contributed by atoms with Gasteiger partial charge in [0, 0.05) is 21.9 Å². The van der Waals surface area contributed by atoms with Crippen molar-refractivity contribution in [3.8, 4) is 10.8 Å². The van der Waals surface area contributed by atoms with Crippen molar-refractivity contribution in [2.45, 2.75) is 6.54 Å². The number of carbonyl (C=O) groups is 1. The fraction of sp³-hybridized carbons (Fsp3) is 0.167. The summed E-state index contributed by atoms with van der Waals surface area (Å²) in [5.41, 5.74) is 0. The lowest BCUT2D eigenvalue weighted by Crippen LogP contribution is -2.19. The lowest BCUT2D eigenvalue weighted by Gasteiger charge is -1.93. The Bertz CT molecular complexity index is 313. The zero-order chi connectivity index (χ0) is 8.81. The van der Waals surface area contributed by atoms with Gasteiger partial charge in [0.25, 0.3) is 5.91 Å². The van der Waals surface area contributed by atoms with E-state index in [0.29, 0.717) is 6.54 Å². The van der Waals surface area contributed by atoms with Crippen LogP contribution in [0, 0.1) is 10.8 Å². The van der Waals surface area contributed by atoms with Gasteiger partial charge in [0.15, 0.2) is 0 Å².